The molecule has 0 aliphatic heterocycles. The van der Waals surface area contributed by atoms with Crippen molar-refractivity contribution < 1.29 is 13.9 Å². The topological polar surface area (TPSA) is 51.5 Å². The molecule has 1 N–H and O–H groups in total. The molecule has 0 radical (unpaired) electrons. The molecule has 3 aromatic rings. The first-order valence-electron chi connectivity index (χ1n) is 7.49. The standard InChI is InChI=1S/C19H16BrNO3/c20-15-6-3-5-14(11-15)13-24-18-9-2-1-8-17(18)19(22)21-12-16-7-4-10-23-16/h1-11H,12-13H2,(H,21,22). The van der Waals surface area contributed by atoms with Gasteiger partial charge in [-0.05, 0) is 42.0 Å². The Bertz CT molecular complexity index is 815. The van der Waals surface area contributed by atoms with E-state index < -0.39 is 0 Å². The molecule has 0 atom stereocenters. The highest BCUT2D eigenvalue weighted by atomic mass is 79.9. The smallest absolute Gasteiger partial charge is 0.255 e. The van der Waals surface area contributed by atoms with Crippen molar-refractivity contribution in [2.45, 2.75) is 13.2 Å². The average Bonchev–Trinajstić information content (AvgIpc) is 3.12. The molecule has 1 aromatic heterocycles. The van der Waals surface area contributed by atoms with Crippen molar-refractivity contribution in [2.75, 3.05) is 0 Å². The summed E-state index contributed by atoms with van der Waals surface area (Å²) in [7, 11) is 0. The van der Waals surface area contributed by atoms with Crippen LogP contribution < -0.4 is 10.1 Å². The summed E-state index contributed by atoms with van der Waals surface area (Å²) < 4.78 is 12.0. The monoisotopic (exact) mass is 385 g/mol. The van der Waals surface area contributed by atoms with Gasteiger partial charge in [0.1, 0.15) is 18.1 Å². The van der Waals surface area contributed by atoms with Gasteiger partial charge in [-0.2, -0.15) is 0 Å². The molecular formula is C19H16BrNO3. The van der Waals surface area contributed by atoms with E-state index in [1.807, 2.05) is 42.5 Å². The fourth-order valence-corrected chi connectivity index (χ4v) is 2.69. The normalized spacial score (nSPS) is 10.4. The van der Waals surface area contributed by atoms with Crippen LogP contribution in [0.5, 0.6) is 5.75 Å². The highest BCUT2D eigenvalue weighted by Crippen LogP contribution is 2.20. The van der Waals surface area contributed by atoms with Crippen LogP contribution in [0.1, 0.15) is 21.7 Å². The van der Waals surface area contributed by atoms with Gasteiger partial charge in [-0.1, -0.05) is 40.2 Å². The molecule has 2 aromatic carbocycles. The quantitative estimate of drug-likeness (QED) is 0.676. The predicted molar refractivity (Wildman–Crippen MR) is 94.8 cm³/mol. The lowest BCUT2D eigenvalue weighted by atomic mass is 10.2. The number of nitrogens with one attached hydrogen (secondary N) is 1. The maximum atomic E-state index is 12.4. The van der Waals surface area contributed by atoms with Crippen LogP contribution in [0.25, 0.3) is 0 Å². The van der Waals surface area contributed by atoms with Crippen LogP contribution in [0.3, 0.4) is 0 Å². The number of halogens is 1. The van der Waals surface area contributed by atoms with E-state index in [1.165, 1.54) is 0 Å². The van der Waals surface area contributed by atoms with Gasteiger partial charge in [0.2, 0.25) is 0 Å². The highest BCUT2D eigenvalue weighted by molar-refractivity contribution is 9.10. The Morgan fingerprint density at radius 2 is 1.96 bits per heavy atom. The maximum Gasteiger partial charge on any atom is 0.255 e. The van der Waals surface area contributed by atoms with Crippen molar-refractivity contribution in [3.63, 3.8) is 0 Å². The van der Waals surface area contributed by atoms with Crippen molar-refractivity contribution >= 4 is 21.8 Å². The van der Waals surface area contributed by atoms with E-state index in [-0.39, 0.29) is 5.91 Å². The van der Waals surface area contributed by atoms with E-state index in [4.69, 9.17) is 9.15 Å². The second kappa shape index (κ2) is 7.84. The molecule has 1 heterocycles. The second-order valence-corrected chi connectivity index (χ2v) is 6.09. The summed E-state index contributed by atoms with van der Waals surface area (Å²) in [6, 6.07) is 18.7. The van der Waals surface area contributed by atoms with Crippen molar-refractivity contribution in [3.8, 4) is 5.75 Å². The minimum absolute atomic E-state index is 0.198. The molecule has 0 saturated carbocycles. The Morgan fingerprint density at radius 1 is 1.08 bits per heavy atom. The Kier molecular flexibility index (Phi) is 5.33. The summed E-state index contributed by atoms with van der Waals surface area (Å²) in [6.07, 6.45) is 1.58. The summed E-state index contributed by atoms with van der Waals surface area (Å²) in [4.78, 5) is 12.4. The van der Waals surface area contributed by atoms with Gasteiger partial charge >= 0.3 is 0 Å². The summed E-state index contributed by atoms with van der Waals surface area (Å²) >= 11 is 3.44. The van der Waals surface area contributed by atoms with Crippen LogP contribution >= 0.6 is 15.9 Å². The van der Waals surface area contributed by atoms with E-state index in [1.54, 1.807) is 24.5 Å². The van der Waals surface area contributed by atoms with Gasteiger partial charge < -0.3 is 14.5 Å². The third-order valence-corrected chi connectivity index (χ3v) is 3.91. The zero-order valence-corrected chi connectivity index (χ0v) is 14.5. The second-order valence-electron chi connectivity index (χ2n) is 5.18. The molecule has 0 aliphatic rings. The van der Waals surface area contributed by atoms with Crippen molar-refractivity contribution in [1.82, 2.24) is 5.32 Å². The molecule has 4 nitrogen and oxygen atoms in total. The number of carbonyl (C=O) groups is 1. The van der Waals surface area contributed by atoms with E-state index in [9.17, 15) is 4.79 Å². The Hall–Kier alpha value is -2.53. The van der Waals surface area contributed by atoms with Gasteiger partial charge in [-0.15, -0.1) is 0 Å². The van der Waals surface area contributed by atoms with Crippen LogP contribution in [0.2, 0.25) is 0 Å². The molecule has 3 rings (SSSR count). The molecule has 1 amide bonds. The number of ether oxygens (including phenoxy) is 1. The van der Waals surface area contributed by atoms with Gasteiger partial charge in [0.15, 0.2) is 0 Å². The summed E-state index contributed by atoms with van der Waals surface area (Å²) in [5.74, 6) is 1.06. The SMILES string of the molecule is O=C(NCc1ccco1)c1ccccc1OCc1cccc(Br)c1. The van der Waals surface area contributed by atoms with E-state index >= 15 is 0 Å². The maximum absolute atomic E-state index is 12.4. The molecule has 0 saturated heterocycles. The van der Waals surface area contributed by atoms with Crippen LogP contribution in [0.15, 0.2) is 75.8 Å². The minimum atomic E-state index is -0.198. The van der Waals surface area contributed by atoms with Crippen LogP contribution in [0.4, 0.5) is 0 Å². The molecule has 5 heteroatoms. The zero-order chi connectivity index (χ0) is 16.8. The fourth-order valence-electron chi connectivity index (χ4n) is 2.24. The number of amides is 1. The number of carbonyl (C=O) groups excluding carboxylic acids is 1. The lowest BCUT2D eigenvalue weighted by Gasteiger charge is -2.11. The first-order chi connectivity index (χ1) is 11.7. The molecular weight excluding hydrogens is 370 g/mol. The predicted octanol–water partition coefficient (Wildman–Crippen LogP) is 4.55. The van der Waals surface area contributed by atoms with E-state index in [2.05, 4.69) is 21.2 Å². The summed E-state index contributed by atoms with van der Waals surface area (Å²) in [5, 5.41) is 2.83. The third kappa shape index (κ3) is 4.26. The lowest BCUT2D eigenvalue weighted by molar-refractivity contribution is 0.0943. The molecule has 0 spiro atoms. The van der Waals surface area contributed by atoms with Crippen LogP contribution in [-0.4, -0.2) is 5.91 Å². The Labute approximate surface area is 148 Å². The van der Waals surface area contributed by atoms with Gasteiger partial charge in [0, 0.05) is 4.47 Å². The number of benzene rings is 2. The van der Waals surface area contributed by atoms with Gasteiger partial charge in [0.05, 0.1) is 18.4 Å². The van der Waals surface area contributed by atoms with Crippen LogP contribution in [-0.2, 0) is 13.2 Å². The van der Waals surface area contributed by atoms with Gasteiger partial charge in [-0.3, -0.25) is 4.79 Å². The Morgan fingerprint density at radius 3 is 2.75 bits per heavy atom. The number of hydrogen-bond donors (Lipinski definition) is 1. The zero-order valence-electron chi connectivity index (χ0n) is 12.9. The third-order valence-electron chi connectivity index (χ3n) is 3.42. The van der Waals surface area contributed by atoms with Crippen LogP contribution in [0, 0.1) is 0 Å². The van der Waals surface area contributed by atoms with Gasteiger partial charge in [0.25, 0.3) is 5.91 Å². The van der Waals surface area contributed by atoms with Crippen molar-refractivity contribution in [3.05, 3.63) is 88.3 Å². The number of hydrogen-bond acceptors (Lipinski definition) is 3. The summed E-state index contributed by atoms with van der Waals surface area (Å²) in [5.41, 5.74) is 1.52. The van der Waals surface area contributed by atoms with Crippen molar-refractivity contribution in [1.29, 1.82) is 0 Å². The number of para-hydroxylation sites is 1. The molecule has 0 aliphatic carbocycles. The Balaban J connectivity index is 1.67. The average molecular weight is 386 g/mol. The first kappa shape index (κ1) is 16.3. The molecule has 122 valence electrons. The lowest BCUT2D eigenvalue weighted by Crippen LogP contribution is -2.23. The first-order valence-corrected chi connectivity index (χ1v) is 8.28. The van der Waals surface area contributed by atoms with Crippen molar-refractivity contribution in [2.24, 2.45) is 0 Å². The number of furan rings is 1. The molecule has 24 heavy (non-hydrogen) atoms. The molecule has 0 unspecified atom stereocenters. The van der Waals surface area contributed by atoms with Gasteiger partial charge in [-0.25, -0.2) is 0 Å². The molecule has 0 fully saturated rings. The van der Waals surface area contributed by atoms with E-state index in [0.29, 0.717) is 30.2 Å². The summed E-state index contributed by atoms with van der Waals surface area (Å²) in [6.45, 7) is 0.730. The fraction of sp³-hybridized carbons (Fsp3) is 0.105. The molecule has 0 bridgehead atoms. The highest BCUT2D eigenvalue weighted by Gasteiger charge is 2.12. The largest absolute Gasteiger partial charge is 0.488 e. The van der Waals surface area contributed by atoms with E-state index in [0.717, 1.165) is 10.0 Å². The number of rotatable bonds is 6. The minimum Gasteiger partial charge on any atom is -0.488 e.